The van der Waals surface area contributed by atoms with Crippen LogP contribution in [-0.2, 0) is 19.3 Å². The fourth-order valence-electron chi connectivity index (χ4n) is 1.92. The molecule has 1 aromatic carbocycles. The van der Waals surface area contributed by atoms with Crippen LogP contribution in [0.3, 0.4) is 0 Å². The molecular formula is C16H19F3N4OS. The molecule has 0 spiro atoms. The number of aliphatic imine (C=N–C) groups is 1. The van der Waals surface area contributed by atoms with Gasteiger partial charge in [0.05, 0.1) is 20.2 Å². The van der Waals surface area contributed by atoms with Gasteiger partial charge in [-0.1, -0.05) is 12.1 Å². The predicted molar refractivity (Wildman–Crippen MR) is 91.8 cm³/mol. The zero-order valence-electron chi connectivity index (χ0n) is 13.9. The summed E-state index contributed by atoms with van der Waals surface area (Å²) in [5.41, 5.74) is 0.126. The largest absolute Gasteiger partial charge is 0.497 e. The molecule has 0 aliphatic rings. The lowest BCUT2D eigenvalue weighted by Crippen LogP contribution is -2.36. The average molecular weight is 372 g/mol. The van der Waals surface area contributed by atoms with Gasteiger partial charge >= 0.3 is 6.18 Å². The summed E-state index contributed by atoms with van der Waals surface area (Å²) in [7, 11) is 1.60. The van der Waals surface area contributed by atoms with E-state index in [1.807, 2.05) is 31.2 Å². The zero-order valence-corrected chi connectivity index (χ0v) is 14.7. The third-order valence-electron chi connectivity index (χ3n) is 3.17. The van der Waals surface area contributed by atoms with Crippen LogP contribution < -0.4 is 15.4 Å². The van der Waals surface area contributed by atoms with Gasteiger partial charge in [0.2, 0.25) is 0 Å². The van der Waals surface area contributed by atoms with E-state index in [2.05, 4.69) is 20.6 Å². The van der Waals surface area contributed by atoms with Crippen molar-refractivity contribution in [3.8, 4) is 5.75 Å². The molecule has 136 valence electrons. The summed E-state index contributed by atoms with van der Waals surface area (Å²) in [4.78, 5) is 8.00. The molecule has 0 aliphatic heterocycles. The maximum absolute atomic E-state index is 12.6. The molecule has 0 saturated carbocycles. The highest BCUT2D eigenvalue weighted by Crippen LogP contribution is 2.29. The summed E-state index contributed by atoms with van der Waals surface area (Å²) in [6.45, 7) is 3.16. The molecule has 2 rings (SSSR count). The normalized spacial score (nSPS) is 12.1. The Balaban J connectivity index is 1.96. The standard InChI is InChI=1S/C16H19F3N4OS/c1-3-20-15(21-8-11-4-6-12(24-2)7-5-11)22-9-14-23-13(10-25-14)16(17,18)19/h4-7,10H,3,8-9H2,1-2H3,(H2,20,21,22). The first kappa shape index (κ1) is 19.0. The van der Waals surface area contributed by atoms with Crippen molar-refractivity contribution in [2.24, 2.45) is 4.99 Å². The number of aromatic nitrogens is 1. The molecule has 0 aliphatic carbocycles. The summed E-state index contributed by atoms with van der Waals surface area (Å²) in [5.74, 6) is 1.28. The van der Waals surface area contributed by atoms with E-state index in [-0.39, 0.29) is 6.54 Å². The number of methoxy groups -OCH3 is 1. The topological polar surface area (TPSA) is 58.5 Å². The van der Waals surface area contributed by atoms with E-state index in [1.54, 1.807) is 7.11 Å². The van der Waals surface area contributed by atoms with Gasteiger partial charge in [0.25, 0.3) is 0 Å². The summed E-state index contributed by atoms with van der Waals surface area (Å²) in [6, 6.07) is 7.50. The molecule has 1 heterocycles. The Morgan fingerprint density at radius 3 is 2.52 bits per heavy atom. The van der Waals surface area contributed by atoms with Crippen LogP contribution in [0.1, 0.15) is 23.2 Å². The quantitative estimate of drug-likeness (QED) is 0.603. The molecule has 2 N–H and O–H groups in total. The summed E-state index contributed by atoms with van der Waals surface area (Å²) < 4.78 is 42.8. The lowest BCUT2D eigenvalue weighted by molar-refractivity contribution is -0.140. The van der Waals surface area contributed by atoms with E-state index in [0.29, 0.717) is 24.1 Å². The summed E-state index contributed by atoms with van der Waals surface area (Å²) in [6.07, 6.45) is -4.41. The number of rotatable bonds is 6. The Labute approximate surface area is 148 Å². The molecule has 0 amide bonds. The Hall–Kier alpha value is -2.29. The first-order valence-electron chi connectivity index (χ1n) is 7.59. The van der Waals surface area contributed by atoms with E-state index in [4.69, 9.17) is 4.74 Å². The van der Waals surface area contributed by atoms with Crippen LogP contribution in [0.2, 0.25) is 0 Å². The first-order chi connectivity index (χ1) is 11.9. The van der Waals surface area contributed by atoms with Gasteiger partial charge in [-0.25, -0.2) is 9.98 Å². The molecule has 0 atom stereocenters. The van der Waals surface area contributed by atoms with Crippen LogP contribution in [-0.4, -0.2) is 24.6 Å². The second-order valence-corrected chi connectivity index (χ2v) is 5.96. The highest BCUT2D eigenvalue weighted by atomic mass is 32.1. The number of alkyl halides is 3. The number of halogens is 3. The number of thiazole rings is 1. The maximum Gasteiger partial charge on any atom is 0.434 e. The van der Waals surface area contributed by atoms with Crippen LogP contribution in [0.25, 0.3) is 0 Å². The fourth-order valence-corrected chi connectivity index (χ4v) is 2.67. The van der Waals surface area contributed by atoms with Gasteiger partial charge in [0.1, 0.15) is 10.8 Å². The molecule has 1 aromatic heterocycles. The summed E-state index contributed by atoms with van der Waals surface area (Å²) in [5, 5.41) is 7.40. The van der Waals surface area contributed by atoms with Crippen LogP contribution in [0, 0.1) is 0 Å². The van der Waals surface area contributed by atoms with Gasteiger partial charge < -0.3 is 15.4 Å². The average Bonchev–Trinajstić information content (AvgIpc) is 3.07. The van der Waals surface area contributed by atoms with Gasteiger partial charge in [-0.05, 0) is 24.6 Å². The number of benzene rings is 1. The number of hydrogen-bond acceptors (Lipinski definition) is 4. The minimum atomic E-state index is -4.41. The SMILES string of the molecule is CCNC(=NCc1ccc(OC)cc1)NCc1nc(C(F)(F)F)cs1. The highest BCUT2D eigenvalue weighted by Gasteiger charge is 2.33. The van der Waals surface area contributed by atoms with E-state index in [9.17, 15) is 13.2 Å². The molecule has 0 fully saturated rings. The van der Waals surface area contributed by atoms with Crippen molar-refractivity contribution < 1.29 is 17.9 Å². The van der Waals surface area contributed by atoms with Gasteiger partial charge in [-0.2, -0.15) is 13.2 Å². The van der Waals surface area contributed by atoms with Crippen molar-refractivity contribution in [2.45, 2.75) is 26.2 Å². The minimum absolute atomic E-state index is 0.176. The Kier molecular flexibility index (Phi) is 6.63. The van der Waals surface area contributed by atoms with Crippen LogP contribution >= 0.6 is 11.3 Å². The fraction of sp³-hybridized carbons (Fsp3) is 0.375. The minimum Gasteiger partial charge on any atom is -0.497 e. The second-order valence-electron chi connectivity index (χ2n) is 5.02. The molecule has 0 unspecified atom stereocenters. The Morgan fingerprint density at radius 2 is 1.96 bits per heavy atom. The number of ether oxygens (including phenoxy) is 1. The lowest BCUT2D eigenvalue weighted by atomic mass is 10.2. The Morgan fingerprint density at radius 1 is 1.24 bits per heavy atom. The highest BCUT2D eigenvalue weighted by molar-refractivity contribution is 7.09. The van der Waals surface area contributed by atoms with Crippen LogP contribution in [0.4, 0.5) is 13.2 Å². The lowest BCUT2D eigenvalue weighted by Gasteiger charge is -2.10. The van der Waals surface area contributed by atoms with E-state index in [1.165, 1.54) is 0 Å². The molecular weight excluding hydrogens is 353 g/mol. The molecule has 9 heteroatoms. The van der Waals surface area contributed by atoms with Crippen molar-refractivity contribution in [1.29, 1.82) is 0 Å². The van der Waals surface area contributed by atoms with Crippen molar-refractivity contribution >= 4 is 17.3 Å². The predicted octanol–water partition coefficient (Wildman–Crippen LogP) is 3.43. The van der Waals surface area contributed by atoms with Gasteiger partial charge in [-0.15, -0.1) is 11.3 Å². The van der Waals surface area contributed by atoms with Crippen molar-refractivity contribution in [2.75, 3.05) is 13.7 Å². The number of guanidine groups is 1. The van der Waals surface area contributed by atoms with Gasteiger partial charge in [0.15, 0.2) is 11.7 Å². The van der Waals surface area contributed by atoms with Gasteiger partial charge in [0, 0.05) is 11.9 Å². The summed E-state index contributed by atoms with van der Waals surface area (Å²) >= 11 is 0.965. The van der Waals surface area contributed by atoms with Crippen molar-refractivity contribution in [3.05, 3.63) is 45.9 Å². The molecule has 0 radical (unpaired) electrons. The van der Waals surface area contributed by atoms with E-state index in [0.717, 1.165) is 28.0 Å². The van der Waals surface area contributed by atoms with E-state index < -0.39 is 11.9 Å². The van der Waals surface area contributed by atoms with Crippen molar-refractivity contribution in [1.82, 2.24) is 15.6 Å². The second kappa shape index (κ2) is 8.70. The van der Waals surface area contributed by atoms with Crippen molar-refractivity contribution in [3.63, 3.8) is 0 Å². The number of hydrogen-bond donors (Lipinski definition) is 2. The number of nitrogens with one attached hydrogen (secondary N) is 2. The third-order valence-corrected chi connectivity index (χ3v) is 4.02. The number of nitrogens with zero attached hydrogens (tertiary/aromatic N) is 2. The molecule has 0 saturated heterocycles. The van der Waals surface area contributed by atoms with Crippen LogP contribution in [0.15, 0.2) is 34.6 Å². The molecule has 25 heavy (non-hydrogen) atoms. The molecule has 5 nitrogen and oxygen atoms in total. The van der Waals surface area contributed by atoms with Crippen LogP contribution in [0.5, 0.6) is 5.75 Å². The third kappa shape index (κ3) is 5.93. The van der Waals surface area contributed by atoms with Gasteiger partial charge in [-0.3, -0.25) is 0 Å². The molecule has 2 aromatic rings. The maximum atomic E-state index is 12.6. The van der Waals surface area contributed by atoms with E-state index >= 15 is 0 Å². The molecule has 0 bridgehead atoms. The zero-order chi connectivity index (χ0) is 18.3. The Bertz CT molecular complexity index is 698. The smallest absolute Gasteiger partial charge is 0.434 e. The monoisotopic (exact) mass is 372 g/mol. The first-order valence-corrected chi connectivity index (χ1v) is 8.47.